The predicted molar refractivity (Wildman–Crippen MR) is 85.6 cm³/mol. The Hall–Kier alpha value is -3.21. The van der Waals surface area contributed by atoms with Crippen LogP contribution in [0.2, 0.25) is 0 Å². The van der Waals surface area contributed by atoms with Gasteiger partial charge in [0.05, 0.1) is 5.57 Å². The molecule has 112 valence electrons. The van der Waals surface area contributed by atoms with Crippen molar-refractivity contribution in [2.24, 2.45) is 0 Å². The molecular weight excluding hydrogens is 295 g/mol. The second-order valence-electron chi connectivity index (χ2n) is 5.31. The number of H-pyrrole nitrogens is 1. The first-order chi connectivity index (χ1) is 11.1. The van der Waals surface area contributed by atoms with Crippen LogP contribution < -0.4 is 5.32 Å². The number of carbonyl (C=O) groups is 2. The first-order valence-electron chi connectivity index (χ1n) is 7.07. The summed E-state index contributed by atoms with van der Waals surface area (Å²) in [6, 6.07) is 11.4. The molecule has 2 heterocycles. The number of halogens is 1. The average molecular weight is 306 g/mol. The number of allylic oxidation sites excluding steroid dienone is 1. The molecule has 5 heteroatoms. The van der Waals surface area contributed by atoms with E-state index in [1.807, 2.05) is 24.3 Å². The standard InChI is InChI=1S/C18H11FN2O2/c19-10-5-6-16-12(7-10)13(18(23)21-16)8-17(22)14-9-20-15-4-2-1-3-11(14)15/h1-9,20H,(H,21,23)/b13-8+. The highest BCUT2D eigenvalue weighted by Gasteiger charge is 2.26. The molecule has 0 radical (unpaired) electrons. The minimum Gasteiger partial charge on any atom is -0.360 e. The van der Waals surface area contributed by atoms with E-state index in [0.717, 1.165) is 10.9 Å². The van der Waals surface area contributed by atoms with Crippen molar-refractivity contribution >= 4 is 33.9 Å². The molecule has 23 heavy (non-hydrogen) atoms. The summed E-state index contributed by atoms with van der Waals surface area (Å²) < 4.78 is 13.4. The number of hydrogen-bond acceptors (Lipinski definition) is 2. The molecule has 0 aliphatic carbocycles. The van der Waals surface area contributed by atoms with Gasteiger partial charge in [0.1, 0.15) is 5.82 Å². The van der Waals surface area contributed by atoms with Gasteiger partial charge in [-0.05, 0) is 30.3 Å². The zero-order chi connectivity index (χ0) is 16.0. The van der Waals surface area contributed by atoms with Crippen molar-refractivity contribution in [2.45, 2.75) is 0 Å². The smallest absolute Gasteiger partial charge is 0.256 e. The van der Waals surface area contributed by atoms with Crippen molar-refractivity contribution in [1.29, 1.82) is 0 Å². The lowest BCUT2D eigenvalue weighted by atomic mass is 10.0. The molecule has 4 rings (SSSR count). The Morgan fingerprint density at radius 3 is 2.83 bits per heavy atom. The number of anilines is 1. The van der Waals surface area contributed by atoms with E-state index in [4.69, 9.17) is 0 Å². The second kappa shape index (κ2) is 4.91. The van der Waals surface area contributed by atoms with E-state index in [9.17, 15) is 14.0 Å². The zero-order valence-corrected chi connectivity index (χ0v) is 11.9. The zero-order valence-electron chi connectivity index (χ0n) is 11.9. The van der Waals surface area contributed by atoms with Crippen molar-refractivity contribution in [3.8, 4) is 0 Å². The Morgan fingerprint density at radius 2 is 1.96 bits per heavy atom. The van der Waals surface area contributed by atoms with Crippen LogP contribution in [0.15, 0.2) is 54.7 Å². The maximum Gasteiger partial charge on any atom is 0.256 e. The minimum absolute atomic E-state index is 0.176. The highest BCUT2D eigenvalue weighted by atomic mass is 19.1. The minimum atomic E-state index is -0.453. The third-order valence-corrected chi connectivity index (χ3v) is 3.89. The Labute approximate surface area is 130 Å². The van der Waals surface area contributed by atoms with Crippen LogP contribution in [0.3, 0.4) is 0 Å². The molecule has 3 aromatic rings. The van der Waals surface area contributed by atoms with Crippen molar-refractivity contribution in [3.63, 3.8) is 0 Å². The first kappa shape index (κ1) is 13.5. The van der Waals surface area contributed by atoms with E-state index in [1.165, 1.54) is 24.3 Å². The molecule has 1 aliphatic rings. The van der Waals surface area contributed by atoms with Crippen molar-refractivity contribution < 1.29 is 14.0 Å². The number of hydrogen-bond donors (Lipinski definition) is 2. The van der Waals surface area contributed by atoms with Gasteiger partial charge in [0.15, 0.2) is 5.78 Å². The molecular formula is C18H11FN2O2. The van der Waals surface area contributed by atoms with Crippen LogP contribution in [0.25, 0.3) is 16.5 Å². The highest BCUT2D eigenvalue weighted by Crippen LogP contribution is 2.32. The fourth-order valence-electron chi connectivity index (χ4n) is 2.79. The summed E-state index contributed by atoms with van der Waals surface area (Å²) in [5.41, 5.74) is 2.41. The normalized spacial score (nSPS) is 15.0. The van der Waals surface area contributed by atoms with E-state index in [1.54, 1.807) is 6.20 Å². The molecule has 0 spiro atoms. The summed E-state index contributed by atoms with van der Waals surface area (Å²) in [5.74, 6) is -1.16. The van der Waals surface area contributed by atoms with Gasteiger partial charge in [-0.25, -0.2) is 4.39 Å². The summed E-state index contributed by atoms with van der Waals surface area (Å²) in [7, 11) is 0. The molecule has 4 nitrogen and oxygen atoms in total. The Bertz CT molecular complexity index is 1000. The Morgan fingerprint density at radius 1 is 1.13 bits per heavy atom. The summed E-state index contributed by atoms with van der Waals surface area (Å²) in [6.45, 7) is 0. The fraction of sp³-hybridized carbons (Fsp3) is 0. The van der Waals surface area contributed by atoms with Crippen LogP contribution in [0.5, 0.6) is 0 Å². The predicted octanol–water partition coefficient (Wildman–Crippen LogP) is 3.53. The van der Waals surface area contributed by atoms with Gasteiger partial charge in [0.25, 0.3) is 5.91 Å². The van der Waals surface area contributed by atoms with E-state index in [-0.39, 0.29) is 11.4 Å². The first-order valence-corrected chi connectivity index (χ1v) is 7.07. The number of nitrogens with one attached hydrogen (secondary N) is 2. The molecule has 0 bridgehead atoms. The molecule has 1 aliphatic heterocycles. The van der Waals surface area contributed by atoms with Crippen molar-refractivity contribution in [2.75, 3.05) is 5.32 Å². The molecule has 0 saturated carbocycles. The molecule has 1 aromatic heterocycles. The van der Waals surface area contributed by atoms with Gasteiger partial charge in [0.2, 0.25) is 0 Å². The molecule has 0 atom stereocenters. The molecule has 0 fully saturated rings. The highest BCUT2D eigenvalue weighted by molar-refractivity contribution is 6.35. The number of ketones is 1. The van der Waals surface area contributed by atoms with Crippen LogP contribution in [0.4, 0.5) is 10.1 Å². The van der Waals surface area contributed by atoms with Gasteiger partial charge in [0, 0.05) is 33.9 Å². The molecule has 0 saturated heterocycles. The second-order valence-corrected chi connectivity index (χ2v) is 5.31. The van der Waals surface area contributed by atoms with E-state index in [2.05, 4.69) is 10.3 Å². The summed E-state index contributed by atoms with van der Waals surface area (Å²) >= 11 is 0. The van der Waals surface area contributed by atoms with E-state index >= 15 is 0 Å². The maximum atomic E-state index is 13.4. The van der Waals surface area contributed by atoms with E-state index in [0.29, 0.717) is 16.8 Å². The lowest BCUT2D eigenvalue weighted by Crippen LogP contribution is -2.05. The van der Waals surface area contributed by atoms with Gasteiger partial charge in [-0.2, -0.15) is 0 Å². The number of aromatic nitrogens is 1. The maximum absolute atomic E-state index is 13.4. The third-order valence-electron chi connectivity index (χ3n) is 3.89. The fourth-order valence-corrected chi connectivity index (χ4v) is 2.79. The largest absolute Gasteiger partial charge is 0.360 e. The van der Waals surface area contributed by atoms with Crippen LogP contribution in [-0.2, 0) is 4.79 Å². The van der Waals surface area contributed by atoms with Gasteiger partial charge < -0.3 is 10.3 Å². The molecule has 2 aromatic carbocycles. The number of para-hydroxylation sites is 1. The van der Waals surface area contributed by atoms with Crippen LogP contribution in [-0.4, -0.2) is 16.7 Å². The number of aromatic amines is 1. The average Bonchev–Trinajstić information content (AvgIpc) is 3.10. The topological polar surface area (TPSA) is 62.0 Å². The number of rotatable bonds is 2. The van der Waals surface area contributed by atoms with Gasteiger partial charge in [-0.3, -0.25) is 9.59 Å². The lowest BCUT2D eigenvalue weighted by molar-refractivity contribution is -0.110. The van der Waals surface area contributed by atoms with Crippen LogP contribution in [0, 0.1) is 5.82 Å². The summed E-state index contributed by atoms with van der Waals surface area (Å²) in [5, 5.41) is 3.41. The number of carbonyl (C=O) groups excluding carboxylic acids is 2. The Balaban J connectivity index is 1.80. The number of amides is 1. The van der Waals surface area contributed by atoms with Crippen LogP contribution >= 0.6 is 0 Å². The van der Waals surface area contributed by atoms with Crippen LogP contribution in [0.1, 0.15) is 15.9 Å². The van der Waals surface area contributed by atoms with Crippen molar-refractivity contribution in [1.82, 2.24) is 4.98 Å². The monoisotopic (exact) mass is 306 g/mol. The number of fused-ring (bicyclic) bond motifs is 2. The number of benzene rings is 2. The SMILES string of the molecule is O=C1Nc2ccc(F)cc2/C1=C\C(=O)c1c[nH]c2ccccc12. The van der Waals surface area contributed by atoms with Gasteiger partial charge in [-0.15, -0.1) is 0 Å². The van der Waals surface area contributed by atoms with Gasteiger partial charge in [-0.1, -0.05) is 18.2 Å². The third kappa shape index (κ3) is 2.14. The van der Waals surface area contributed by atoms with E-state index < -0.39 is 11.7 Å². The molecule has 0 unspecified atom stereocenters. The molecule has 1 amide bonds. The van der Waals surface area contributed by atoms with Gasteiger partial charge >= 0.3 is 0 Å². The Kier molecular flexibility index (Phi) is 2.87. The quantitative estimate of drug-likeness (QED) is 0.562. The lowest BCUT2D eigenvalue weighted by Gasteiger charge is -1.98. The van der Waals surface area contributed by atoms with Crippen molar-refractivity contribution in [3.05, 3.63) is 71.7 Å². The molecule has 2 N–H and O–H groups in total. The summed E-state index contributed by atoms with van der Waals surface area (Å²) in [4.78, 5) is 27.6. The summed E-state index contributed by atoms with van der Waals surface area (Å²) in [6.07, 6.45) is 2.87.